The fraction of sp³-hybridized carbons (Fsp3) is 0.364. The second-order valence-corrected chi connectivity index (χ2v) is 4.29. The average Bonchev–Trinajstić information content (AvgIpc) is 2.94. The summed E-state index contributed by atoms with van der Waals surface area (Å²) in [4.78, 5) is 0. The molecule has 1 aliphatic rings. The number of nitrogens with zero attached hydrogens (tertiary/aromatic N) is 1. The van der Waals surface area contributed by atoms with Crippen LogP contribution in [-0.2, 0) is 10.3 Å². The van der Waals surface area contributed by atoms with Crippen molar-refractivity contribution in [3.8, 4) is 6.07 Å². The summed E-state index contributed by atoms with van der Waals surface area (Å²) < 4.78 is 6.50. The van der Waals surface area contributed by atoms with E-state index in [1.54, 1.807) is 0 Å². The van der Waals surface area contributed by atoms with Crippen LogP contribution in [0.1, 0.15) is 18.9 Å². The number of hydrogen-bond acceptors (Lipinski definition) is 2. The lowest BCUT2D eigenvalue weighted by Gasteiger charge is -2.08. The van der Waals surface area contributed by atoms with E-state index in [4.69, 9.17) is 10.00 Å². The first-order valence-electron chi connectivity index (χ1n) is 4.56. The Labute approximate surface area is 91.6 Å². The summed E-state index contributed by atoms with van der Waals surface area (Å²) in [6.07, 6.45) is 0.570. The second kappa shape index (κ2) is 3.38. The number of ether oxygens (including phenoxy) is 1. The molecule has 0 aromatic heterocycles. The Bertz CT molecular complexity index is 381. The van der Waals surface area contributed by atoms with Crippen LogP contribution in [0.25, 0.3) is 0 Å². The van der Waals surface area contributed by atoms with Gasteiger partial charge in [-0.15, -0.1) is 0 Å². The van der Waals surface area contributed by atoms with E-state index in [1.165, 1.54) is 0 Å². The van der Waals surface area contributed by atoms with E-state index in [9.17, 15) is 0 Å². The predicted octanol–water partition coefficient (Wildman–Crippen LogP) is 2.98. The van der Waals surface area contributed by atoms with Gasteiger partial charge < -0.3 is 4.74 Å². The molecule has 1 aromatic carbocycles. The molecule has 3 heteroatoms. The molecule has 0 aliphatic carbocycles. The third-order valence-electron chi connectivity index (χ3n) is 2.67. The Morgan fingerprint density at radius 2 is 2.14 bits per heavy atom. The van der Waals surface area contributed by atoms with Crippen LogP contribution in [-0.4, -0.2) is 6.10 Å². The molecular weight excluding hydrogens is 242 g/mol. The minimum absolute atomic E-state index is 0.270. The van der Waals surface area contributed by atoms with Crippen molar-refractivity contribution in [3.63, 3.8) is 0 Å². The van der Waals surface area contributed by atoms with E-state index in [0.29, 0.717) is 0 Å². The van der Waals surface area contributed by atoms with Gasteiger partial charge in [-0.05, 0) is 24.1 Å². The van der Waals surface area contributed by atoms with Crippen LogP contribution >= 0.6 is 15.9 Å². The highest BCUT2D eigenvalue weighted by molar-refractivity contribution is 9.10. The average molecular weight is 252 g/mol. The van der Waals surface area contributed by atoms with Crippen molar-refractivity contribution >= 4 is 15.9 Å². The lowest BCUT2D eigenvalue weighted by Crippen LogP contribution is -2.10. The predicted molar refractivity (Wildman–Crippen MR) is 56.6 cm³/mol. The van der Waals surface area contributed by atoms with Crippen molar-refractivity contribution in [2.75, 3.05) is 0 Å². The van der Waals surface area contributed by atoms with Gasteiger partial charge in [0.15, 0.2) is 6.10 Å². The highest BCUT2D eigenvalue weighted by Crippen LogP contribution is 2.48. The monoisotopic (exact) mass is 251 g/mol. The molecule has 0 amide bonds. The summed E-state index contributed by atoms with van der Waals surface area (Å²) in [5.74, 6) is 0. The molecule has 1 heterocycles. The highest BCUT2D eigenvalue weighted by atomic mass is 79.9. The third kappa shape index (κ3) is 1.35. The zero-order valence-corrected chi connectivity index (χ0v) is 9.41. The van der Waals surface area contributed by atoms with Gasteiger partial charge in [0.05, 0.1) is 6.07 Å². The number of halogens is 1. The maximum absolute atomic E-state index is 8.80. The molecule has 2 atom stereocenters. The Morgan fingerprint density at radius 3 is 2.57 bits per heavy atom. The van der Waals surface area contributed by atoms with E-state index in [0.717, 1.165) is 16.5 Å². The smallest absolute Gasteiger partial charge is 0.178 e. The molecule has 1 fully saturated rings. The summed E-state index contributed by atoms with van der Waals surface area (Å²) >= 11 is 3.38. The van der Waals surface area contributed by atoms with Gasteiger partial charge in [-0.25, -0.2) is 0 Å². The highest BCUT2D eigenvalue weighted by Gasteiger charge is 2.56. The molecule has 0 saturated carbocycles. The zero-order chi connectivity index (χ0) is 10.2. The Morgan fingerprint density at radius 1 is 1.50 bits per heavy atom. The molecule has 14 heavy (non-hydrogen) atoms. The standard InChI is InChI=1S/C11H10BrNO/c1-2-11(10(7-13)14-11)8-3-5-9(12)6-4-8/h3-6,10H,2H2,1H3. The number of benzene rings is 1. The van der Waals surface area contributed by atoms with Crippen LogP contribution in [0, 0.1) is 11.3 Å². The first-order chi connectivity index (χ1) is 6.73. The van der Waals surface area contributed by atoms with Crippen molar-refractivity contribution in [1.29, 1.82) is 5.26 Å². The minimum Gasteiger partial charge on any atom is -0.345 e. The van der Waals surface area contributed by atoms with Crippen LogP contribution < -0.4 is 0 Å². The molecule has 1 saturated heterocycles. The van der Waals surface area contributed by atoms with Crippen molar-refractivity contribution in [3.05, 3.63) is 34.3 Å². The van der Waals surface area contributed by atoms with E-state index in [1.807, 2.05) is 31.2 Å². The molecule has 0 radical (unpaired) electrons. The number of hydrogen-bond donors (Lipinski definition) is 0. The summed E-state index contributed by atoms with van der Waals surface area (Å²) in [6.45, 7) is 2.04. The van der Waals surface area contributed by atoms with Crippen LogP contribution in [0.3, 0.4) is 0 Å². The maximum atomic E-state index is 8.80. The largest absolute Gasteiger partial charge is 0.345 e. The first-order valence-corrected chi connectivity index (χ1v) is 5.35. The Hall–Kier alpha value is -0.850. The fourth-order valence-electron chi connectivity index (χ4n) is 1.73. The van der Waals surface area contributed by atoms with E-state index in [-0.39, 0.29) is 11.7 Å². The molecule has 0 bridgehead atoms. The lowest BCUT2D eigenvalue weighted by atomic mass is 9.93. The van der Waals surface area contributed by atoms with Gasteiger partial charge in [-0.1, -0.05) is 35.0 Å². The SMILES string of the molecule is CCC1(c2ccc(Br)cc2)OC1C#N. The number of epoxide rings is 1. The topological polar surface area (TPSA) is 36.3 Å². The summed E-state index contributed by atoms with van der Waals surface area (Å²) in [7, 11) is 0. The summed E-state index contributed by atoms with van der Waals surface area (Å²) in [6, 6.07) is 10.1. The summed E-state index contributed by atoms with van der Waals surface area (Å²) in [5, 5.41) is 8.80. The van der Waals surface area contributed by atoms with Crippen molar-refractivity contribution in [2.24, 2.45) is 0 Å². The van der Waals surface area contributed by atoms with Crippen LogP contribution in [0.2, 0.25) is 0 Å². The number of rotatable bonds is 2. The van der Waals surface area contributed by atoms with Crippen molar-refractivity contribution < 1.29 is 4.74 Å². The Kier molecular flexibility index (Phi) is 2.34. The fourth-order valence-corrected chi connectivity index (χ4v) is 2.00. The molecule has 0 spiro atoms. The molecule has 0 N–H and O–H groups in total. The third-order valence-corrected chi connectivity index (χ3v) is 3.20. The van der Waals surface area contributed by atoms with Crippen LogP contribution in [0.5, 0.6) is 0 Å². The maximum Gasteiger partial charge on any atom is 0.178 e. The molecule has 1 aromatic rings. The lowest BCUT2D eigenvalue weighted by molar-refractivity contribution is 0.295. The van der Waals surface area contributed by atoms with Gasteiger partial charge in [0, 0.05) is 4.47 Å². The zero-order valence-electron chi connectivity index (χ0n) is 7.83. The van der Waals surface area contributed by atoms with Gasteiger partial charge in [-0.3, -0.25) is 0 Å². The van der Waals surface area contributed by atoms with E-state index in [2.05, 4.69) is 22.0 Å². The van der Waals surface area contributed by atoms with Crippen molar-refractivity contribution in [2.45, 2.75) is 25.0 Å². The van der Waals surface area contributed by atoms with Crippen LogP contribution in [0.15, 0.2) is 28.7 Å². The molecule has 2 rings (SSSR count). The first kappa shape index (κ1) is 9.70. The molecular formula is C11H10BrNO. The normalized spacial score (nSPS) is 29.6. The van der Waals surface area contributed by atoms with Crippen molar-refractivity contribution in [1.82, 2.24) is 0 Å². The second-order valence-electron chi connectivity index (χ2n) is 3.38. The summed E-state index contributed by atoms with van der Waals surface area (Å²) in [5.41, 5.74) is 0.755. The van der Waals surface area contributed by atoms with Gasteiger partial charge in [0.1, 0.15) is 5.60 Å². The van der Waals surface area contributed by atoms with E-state index >= 15 is 0 Å². The molecule has 2 nitrogen and oxygen atoms in total. The number of nitriles is 1. The minimum atomic E-state index is -0.338. The van der Waals surface area contributed by atoms with Gasteiger partial charge in [-0.2, -0.15) is 5.26 Å². The van der Waals surface area contributed by atoms with Gasteiger partial charge in [0.25, 0.3) is 0 Å². The van der Waals surface area contributed by atoms with Gasteiger partial charge >= 0.3 is 0 Å². The van der Waals surface area contributed by atoms with E-state index < -0.39 is 0 Å². The van der Waals surface area contributed by atoms with Crippen LogP contribution in [0.4, 0.5) is 0 Å². The quantitative estimate of drug-likeness (QED) is 0.758. The molecule has 2 unspecified atom stereocenters. The Balaban J connectivity index is 2.32. The van der Waals surface area contributed by atoms with Gasteiger partial charge in [0.2, 0.25) is 0 Å². The molecule has 1 aliphatic heterocycles. The molecule has 72 valence electrons.